The molecule has 1 amide bonds. The first-order chi connectivity index (χ1) is 13.9. The van der Waals surface area contributed by atoms with E-state index in [0.717, 1.165) is 11.3 Å². The van der Waals surface area contributed by atoms with E-state index < -0.39 is 24.0 Å². The van der Waals surface area contributed by atoms with Crippen molar-refractivity contribution in [3.63, 3.8) is 0 Å². The van der Waals surface area contributed by atoms with Crippen LogP contribution < -0.4 is 21.3 Å². The molecule has 2 unspecified atom stereocenters. The maximum atomic E-state index is 11.8. The number of nitrogens with one attached hydrogen (secondary N) is 2. The average Bonchev–Trinajstić information content (AvgIpc) is 2.73. The summed E-state index contributed by atoms with van der Waals surface area (Å²) in [6.07, 6.45) is 3.79. The number of benzene rings is 1. The number of hydrogen-bond donors (Lipinski definition) is 5. The smallest absolute Gasteiger partial charge is 0.321 e. The Hall–Kier alpha value is -1.46. The molecule has 10 heteroatoms. The van der Waals surface area contributed by atoms with Crippen LogP contribution in [-0.2, 0) is 16.1 Å². The molecule has 0 aromatic heterocycles. The van der Waals surface area contributed by atoms with Gasteiger partial charge < -0.3 is 20.9 Å². The lowest BCUT2D eigenvalue weighted by molar-refractivity contribution is -0.139. The van der Waals surface area contributed by atoms with E-state index >= 15 is 0 Å². The van der Waals surface area contributed by atoms with Gasteiger partial charge in [-0.05, 0) is 57.9 Å². The molecule has 8 nitrogen and oxygen atoms in total. The van der Waals surface area contributed by atoms with E-state index in [2.05, 4.69) is 5.32 Å². The van der Waals surface area contributed by atoms with Crippen molar-refractivity contribution in [3.05, 3.63) is 29.8 Å². The second kappa shape index (κ2) is 13.1. The topological polar surface area (TPSA) is 134 Å². The molecule has 0 aliphatic rings. The summed E-state index contributed by atoms with van der Waals surface area (Å²) in [7, 11) is 1.62. The number of rotatable bonds is 10. The Bertz CT molecular complexity index is 669. The predicted molar refractivity (Wildman–Crippen MR) is 124 cm³/mol. The number of hydrogen-bond acceptors (Lipinski definition) is 8. The van der Waals surface area contributed by atoms with Crippen molar-refractivity contribution in [2.24, 2.45) is 5.73 Å². The summed E-state index contributed by atoms with van der Waals surface area (Å²) in [5.74, 6) is -0.583. The van der Waals surface area contributed by atoms with Gasteiger partial charge in [0.1, 0.15) is 17.8 Å². The number of nitrogens with two attached hydrogens (primary N) is 1. The molecular weight excluding hydrogens is 426 g/mol. The van der Waals surface area contributed by atoms with E-state index in [-0.39, 0.29) is 9.49 Å². The van der Waals surface area contributed by atoms with E-state index in [1.807, 2.05) is 64.5 Å². The quantitative estimate of drug-likeness (QED) is 0.263. The Labute approximate surface area is 187 Å². The molecule has 0 aliphatic carbocycles. The van der Waals surface area contributed by atoms with Crippen LogP contribution in [0.3, 0.4) is 0 Å². The maximum Gasteiger partial charge on any atom is 0.321 e. The summed E-state index contributed by atoms with van der Waals surface area (Å²) in [6, 6.07) is 6.33. The van der Waals surface area contributed by atoms with Crippen LogP contribution in [0.1, 0.15) is 33.3 Å². The number of amides is 1. The van der Waals surface area contributed by atoms with E-state index in [9.17, 15) is 9.59 Å². The number of carbonyl (C=O) groups excluding carboxylic acids is 1. The van der Waals surface area contributed by atoms with Gasteiger partial charge in [-0.3, -0.25) is 14.8 Å². The number of thioether (sulfide) groups is 2. The van der Waals surface area contributed by atoms with Crippen molar-refractivity contribution in [2.45, 2.75) is 55.8 Å². The lowest BCUT2D eigenvalue weighted by atomic mass is 10.0. The zero-order valence-electron chi connectivity index (χ0n) is 18.7. The molecule has 1 rings (SSSR count). The second-order valence-corrected chi connectivity index (χ2v) is 10.5. The number of carbonyl (C=O) groups is 2. The standard InChI is InChI=1S/C14H22N2O3S.C6H13NO2S/c1-14(2,20-4)12(13(17)16-18)15-9-10-5-7-11(19-3)8-6-10;1-6(2,10-3)4(7)5(8)9/h5-8,12,15,18H,9H2,1-4H3,(H,16,17);4H,7H2,1-3H3,(H,8,9). The van der Waals surface area contributed by atoms with Crippen molar-refractivity contribution in [1.82, 2.24) is 10.8 Å². The van der Waals surface area contributed by atoms with Gasteiger partial charge in [-0.2, -0.15) is 23.5 Å². The lowest BCUT2D eigenvalue weighted by Gasteiger charge is -2.31. The van der Waals surface area contributed by atoms with Gasteiger partial charge in [0.25, 0.3) is 5.91 Å². The Morgan fingerprint density at radius 2 is 1.60 bits per heavy atom. The third-order valence-corrected chi connectivity index (χ3v) is 7.40. The first-order valence-corrected chi connectivity index (χ1v) is 11.7. The highest BCUT2D eigenvalue weighted by molar-refractivity contribution is 8.00. The first-order valence-electron chi connectivity index (χ1n) is 9.25. The zero-order chi connectivity index (χ0) is 23.5. The number of methoxy groups -OCH3 is 1. The molecule has 0 saturated heterocycles. The highest BCUT2D eigenvalue weighted by Gasteiger charge is 2.34. The van der Waals surface area contributed by atoms with Crippen LogP contribution in [0.2, 0.25) is 0 Å². The molecule has 2 atom stereocenters. The first kappa shape index (κ1) is 28.5. The molecule has 0 radical (unpaired) electrons. The normalized spacial score (nSPS) is 13.5. The van der Waals surface area contributed by atoms with Crippen LogP contribution in [0.15, 0.2) is 24.3 Å². The van der Waals surface area contributed by atoms with Gasteiger partial charge in [-0.15, -0.1) is 0 Å². The van der Waals surface area contributed by atoms with Crippen LogP contribution in [0.4, 0.5) is 0 Å². The third-order valence-electron chi connectivity index (χ3n) is 4.80. The fraction of sp³-hybridized carbons (Fsp3) is 0.600. The highest BCUT2D eigenvalue weighted by Crippen LogP contribution is 2.26. The van der Waals surface area contributed by atoms with Crippen LogP contribution >= 0.6 is 23.5 Å². The van der Waals surface area contributed by atoms with Gasteiger partial charge in [0.2, 0.25) is 0 Å². The van der Waals surface area contributed by atoms with E-state index in [4.69, 9.17) is 20.8 Å². The molecule has 0 heterocycles. The highest BCUT2D eigenvalue weighted by atomic mass is 32.2. The zero-order valence-corrected chi connectivity index (χ0v) is 20.3. The molecule has 0 aliphatic heterocycles. The molecule has 1 aromatic rings. The summed E-state index contributed by atoms with van der Waals surface area (Å²) in [6.45, 7) is 8.08. The van der Waals surface area contributed by atoms with Crippen LogP contribution in [-0.4, -0.2) is 63.4 Å². The second-order valence-electron chi connectivity index (χ2n) is 7.57. The molecule has 1 aromatic carbocycles. The lowest BCUT2D eigenvalue weighted by Crippen LogP contribution is -2.53. The minimum Gasteiger partial charge on any atom is -0.497 e. The van der Waals surface area contributed by atoms with Crippen molar-refractivity contribution < 1.29 is 24.6 Å². The summed E-state index contributed by atoms with van der Waals surface area (Å²) in [5.41, 5.74) is 8.15. The summed E-state index contributed by atoms with van der Waals surface area (Å²) in [4.78, 5) is 22.1. The Balaban J connectivity index is 0.000000710. The third kappa shape index (κ3) is 9.13. The van der Waals surface area contributed by atoms with Gasteiger partial charge in [-0.1, -0.05) is 12.1 Å². The number of hydroxylamine groups is 1. The Morgan fingerprint density at radius 1 is 1.10 bits per heavy atom. The SMILES string of the molecule is COc1ccc(CNC(C(=O)NO)C(C)(C)SC)cc1.CSC(C)(C)C(N)C(=O)O. The predicted octanol–water partition coefficient (Wildman–Crippen LogP) is 2.34. The molecule has 0 bridgehead atoms. The Kier molecular flexibility index (Phi) is 12.4. The minimum absolute atomic E-state index is 0.334. The number of ether oxygens (including phenoxy) is 1. The van der Waals surface area contributed by atoms with Gasteiger partial charge in [0, 0.05) is 16.0 Å². The molecule has 0 spiro atoms. The molecular formula is C20H35N3O5S2. The summed E-state index contributed by atoms with van der Waals surface area (Å²) < 4.78 is 4.38. The molecule has 0 saturated carbocycles. The van der Waals surface area contributed by atoms with Crippen LogP contribution in [0, 0.1) is 0 Å². The van der Waals surface area contributed by atoms with Crippen molar-refractivity contribution in [3.8, 4) is 5.75 Å². The van der Waals surface area contributed by atoms with Gasteiger partial charge >= 0.3 is 5.97 Å². The van der Waals surface area contributed by atoms with Crippen LogP contribution in [0.5, 0.6) is 5.75 Å². The van der Waals surface area contributed by atoms with E-state index in [1.165, 1.54) is 11.8 Å². The minimum atomic E-state index is -0.945. The van der Waals surface area contributed by atoms with Gasteiger partial charge in [0.15, 0.2) is 0 Å². The molecule has 0 fully saturated rings. The molecule has 6 N–H and O–H groups in total. The van der Waals surface area contributed by atoms with E-state index in [1.54, 1.807) is 24.4 Å². The maximum absolute atomic E-state index is 11.8. The molecule has 172 valence electrons. The Morgan fingerprint density at radius 3 is 1.93 bits per heavy atom. The van der Waals surface area contributed by atoms with Crippen molar-refractivity contribution in [2.75, 3.05) is 19.6 Å². The fourth-order valence-corrected chi connectivity index (χ4v) is 3.01. The monoisotopic (exact) mass is 461 g/mol. The average molecular weight is 462 g/mol. The van der Waals surface area contributed by atoms with Gasteiger partial charge in [0.05, 0.1) is 7.11 Å². The van der Waals surface area contributed by atoms with E-state index in [0.29, 0.717) is 6.54 Å². The summed E-state index contributed by atoms with van der Waals surface area (Å²) in [5, 5.41) is 20.6. The number of carboxylic acid groups (broad SMARTS) is 1. The van der Waals surface area contributed by atoms with Crippen LogP contribution in [0.25, 0.3) is 0 Å². The number of carboxylic acids is 1. The molecule has 30 heavy (non-hydrogen) atoms. The van der Waals surface area contributed by atoms with Gasteiger partial charge in [-0.25, -0.2) is 5.48 Å². The number of aliphatic carboxylic acids is 1. The largest absolute Gasteiger partial charge is 0.497 e. The van der Waals surface area contributed by atoms with Crippen molar-refractivity contribution in [1.29, 1.82) is 0 Å². The fourth-order valence-electron chi connectivity index (χ4n) is 2.22. The summed E-state index contributed by atoms with van der Waals surface area (Å²) >= 11 is 3.02. The van der Waals surface area contributed by atoms with Crippen molar-refractivity contribution >= 4 is 35.4 Å².